The summed E-state index contributed by atoms with van der Waals surface area (Å²) in [6.45, 7) is 5.93. The number of ether oxygens (including phenoxy) is 1. The van der Waals surface area contributed by atoms with Crippen molar-refractivity contribution < 1.29 is 17.9 Å². The van der Waals surface area contributed by atoms with E-state index in [1.165, 1.54) is 22.5 Å². The number of hydrogen-bond donors (Lipinski definition) is 0. The van der Waals surface area contributed by atoms with Gasteiger partial charge >= 0.3 is 0 Å². The molecule has 0 spiro atoms. The first-order chi connectivity index (χ1) is 20.8. The number of amides is 1. The number of anilines is 1. The molecular formula is C35H39N3O4S. The highest BCUT2D eigenvalue weighted by molar-refractivity contribution is 7.93. The van der Waals surface area contributed by atoms with E-state index in [0.717, 1.165) is 17.5 Å². The molecule has 1 amide bonds. The normalized spacial score (nSPS) is 14.1. The van der Waals surface area contributed by atoms with Gasteiger partial charge in [0.25, 0.3) is 10.0 Å². The second-order valence-corrected chi connectivity index (χ2v) is 12.7. The van der Waals surface area contributed by atoms with Crippen LogP contribution in [0.3, 0.4) is 0 Å². The van der Waals surface area contributed by atoms with Crippen LogP contribution in [0.2, 0.25) is 0 Å². The molecule has 0 atom stereocenters. The van der Waals surface area contributed by atoms with Gasteiger partial charge in [0.1, 0.15) is 17.2 Å². The number of hydrogen-bond acceptors (Lipinski definition) is 5. The zero-order chi connectivity index (χ0) is 30.4. The van der Waals surface area contributed by atoms with Crippen LogP contribution in [-0.4, -0.2) is 64.0 Å². The Hall–Kier alpha value is -4.14. The van der Waals surface area contributed by atoms with Gasteiger partial charge in [-0.1, -0.05) is 85.8 Å². The Labute approximate surface area is 255 Å². The van der Waals surface area contributed by atoms with E-state index < -0.39 is 10.0 Å². The SMILES string of the molecule is CCc1ccc(N(CC(=O)N2CCN(C(c3ccccc3)c3ccccc3)CC2)S(=O)(=O)c2cc(C)ccc2OC)cc1. The fourth-order valence-corrected chi connectivity index (χ4v) is 7.31. The van der Waals surface area contributed by atoms with Gasteiger partial charge in [-0.25, -0.2) is 8.42 Å². The van der Waals surface area contributed by atoms with Crippen molar-refractivity contribution in [3.8, 4) is 5.75 Å². The van der Waals surface area contributed by atoms with Crippen molar-refractivity contribution in [2.75, 3.05) is 44.1 Å². The molecule has 4 aromatic rings. The van der Waals surface area contributed by atoms with Crippen LogP contribution in [0.1, 0.15) is 35.2 Å². The Balaban J connectivity index is 1.38. The highest BCUT2D eigenvalue weighted by Crippen LogP contribution is 2.32. The average molecular weight is 598 g/mol. The van der Waals surface area contributed by atoms with Crippen molar-refractivity contribution in [3.63, 3.8) is 0 Å². The number of piperazine rings is 1. The minimum atomic E-state index is -4.12. The summed E-state index contributed by atoms with van der Waals surface area (Å²) in [6.07, 6.45) is 0.828. The molecule has 1 aliphatic rings. The molecule has 0 radical (unpaired) electrons. The third-order valence-corrected chi connectivity index (χ3v) is 9.86. The molecular weight excluding hydrogens is 558 g/mol. The maximum Gasteiger partial charge on any atom is 0.268 e. The molecule has 7 nitrogen and oxygen atoms in total. The van der Waals surface area contributed by atoms with E-state index in [1.807, 2.05) is 38.1 Å². The van der Waals surface area contributed by atoms with Crippen molar-refractivity contribution in [2.45, 2.75) is 31.2 Å². The molecule has 0 N–H and O–H groups in total. The van der Waals surface area contributed by atoms with Crippen molar-refractivity contribution in [1.82, 2.24) is 9.80 Å². The molecule has 1 fully saturated rings. The van der Waals surface area contributed by atoms with Crippen LogP contribution in [0.5, 0.6) is 5.75 Å². The zero-order valence-electron chi connectivity index (χ0n) is 25.0. The molecule has 1 aliphatic heterocycles. The highest BCUT2D eigenvalue weighted by atomic mass is 32.2. The van der Waals surface area contributed by atoms with E-state index in [-0.39, 0.29) is 29.1 Å². The van der Waals surface area contributed by atoms with E-state index in [2.05, 4.69) is 53.4 Å². The van der Waals surface area contributed by atoms with Crippen LogP contribution in [-0.2, 0) is 21.2 Å². The predicted molar refractivity (Wildman–Crippen MR) is 171 cm³/mol. The van der Waals surface area contributed by atoms with E-state index in [9.17, 15) is 13.2 Å². The minimum Gasteiger partial charge on any atom is -0.495 e. The first kappa shape index (κ1) is 30.3. The van der Waals surface area contributed by atoms with E-state index in [4.69, 9.17) is 4.74 Å². The molecule has 4 aromatic carbocycles. The van der Waals surface area contributed by atoms with Crippen molar-refractivity contribution in [2.24, 2.45) is 0 Å². The van der Waals surface area contributed by atoms with Gasteiger partial charge in [-0.05, 0) is 59.9 Å². The quantitative estimate of drug-likeness (QED) is 0.235. The summed E-state index contributed by atoms with van der Waals surface area (Å²) in [5.41, 5.74) is 4.72. The highest BCUT2D eigenvalue weighted by Gasteiger charge is 2.33. The van der Waals surface area contributed by atoms with Crippen LogP contribution >= 0.6 is 0 Å². The lowest BCUT2D eigenvalue weighted by Crippen LogP contribution is -2.52. The summed E-state index contributed by atoms with van der Waals surface area (Å²) in [6, 6.07) is 33.3. The van der Waals surface area contributed by atoms with Gasteiger partial charge in [0.2, 0.25) is 5.91 Å². The van der Waals surface area contributed by atoms with Gasteiger partial charge in [0.05, 0.1) is 18.8 Å². The second-order valence-electron chi connectivity index (χ2n) is 10.8. The average Bonchev–Trinajstić information content (AvgIpc) is 3.05. The third-order valence-electron chi connectivity index (χ3n) is 8.06. The second kappa shape index (κ2) is 13.4. The van der Waals surface area contributed by atoms with E-state index in [1.54, 1.807) is 35.2 Å². The molecule has 1 saturated heterocycles. The lowest BCUT2D eigenvalue weighted by molar-refractivity contribution is -0.131. The fraction of sp³-hybridized carbons (Fsp3) is 0.286. The molecule has 0 unspecified atom stereocenters. The Morgan fingerprint density at radius 1 is 0.837 bits per heavy atom. The molecule has 0 aromatic heterocycles. The first-order valence-electron chi connectivity index (χ1n) is 14.7. The number of aryl methyl sites for hydroxylation is 2. The molecule has 43 heavy (non-hydrogen) atoms. The van der Waals surface area contributed by atoms with Crippen LogP contribution in [0.4, 0.5) is 5.69 Å². The summed E-state index contributed by atoms with van der Waals surface area (Å²) >= 11 is 0. The summed E-state index contributed by atoms with van der Waals surface area (Å²) < 4.78 is 35.0. The summed E-state index contributed by atoms with van der Waals surface area (Å²) in [5, 5.41) is 0. The molecule has 224 valence electrons. The Morgan fingerprint density at radius 3 is 1.95 bits per heavy atom. The molecule has 0 saturated carbocycles. The van der Waals surface area contributed by atoms with Gasteiger partial charge in [-0.3, -0.25) is 14.0 Å². The number of sulfonamides is 1. The number of rotatable bonds is 10. The number of carbonyl (C=O) groups excluding carboxylic acids is 1. The maximum absolute atomic E-state index is 14.2. The van der Waals surface area contributed by atoms with Crippen molar-refractivity contribution in [3.05, 3.63) is 125 Å². The number of carbonyl (C=O) groups is 1. The number of methoxy groups -OCH3 is 1. The van der Waals surface area contributed by atoms with Gasteiger partial charge in [-0.2, -0.15) is 0 Å². The predicted octanol–water partition coefficient (Wildman–Crippen LogP) is 5.70. The van der Waals surface area contributed by atoms with Crippen LogP contribution in [0.15, 0.2) is 108 Å². The van der Waals surface area contributed by atoms with Crippen molar-refractivity contribution >= 4 is 21.6 Å². The molecule has 0 aliphatic carbocycles. The van der Waals surface area contributed by atoms with Crippen LogP contribution in [0.25, 0.3) is 0 Å². The summed E-state index contributed by atoms with van der Waals surface area (Å²) in [7, 11) is -2.67. The topological polar surface area (TPSA) is 70.2 Å². The lowest BCUT2D eigenvalue weighted by atomic mass is 9.96. The molecule has 1 heterocycles. The van der Waals surface area contributed by atoms with Gasteiger partial charge < -0.3 is 9.64 Å². The van der Waals surface area contributed by atoms with E-state index >= 15 is 0 Å². The van der Waals surface area contributed by atoms with Crippen molar-refractivity contribution in [1.29, 1.82) is 0 Å². The molecule has 5 rings (SSSR count). The van der Waals surface area contributed by atoms with Gasteiger partial charge in [0, 0.05) is 26.2 Å². The fourth-order valence-electron chi connectivity index (χ4n) is 5.65. The number of nitrogens with zero attached hydrogens (tertiary/aromatic N) is 3. The zero-order valence-corrected chi connectivity index (χ0v) is 25.8. The third kappa shape index (κ3) is 6.76. The smallest absolute Gasteiger partial charge is 0.268 e. The first-order valence-corrected chi connectivity index (χ1v) is 16.1. The molecule has 8 heteroatoms. The summed E-state index contributed by atoms with van der Waals surface area (Å²) in [4.78, 5) is 18.0. The Bertz CT molecular complexity index is 1580. The Kier molecular flexibility index (Phi) is 9.48. The van der Waals surface area contributed by atoms with Gasteiger partial charge in [0.15, 0.2) is 0 Å². The largest absolute Gasteiger partial charge is 0.495 e. The standard InChI is InChI=1S/C35H39N3O4S/c1-4-28-16-18-31(19-17-28)38(43(40,41)33-25-27(2)15-20-32(33)42-3)26-34(39)36-21-23-37(24-22-36)35(29-11-7-5-8-12-29)30-13-9-6-10-14-30/h5-20,25,35H,4,21-24,26H2,1-3H3. The molecule has 0 bridgehead atoms. The van der Waals surface area contributed by atoms with Gasteiger partial charge in [-0.15, -0.1) is 0 Å². The van der Waals surface area contributed by atoms with E-state index in [0.29, 0.717) is 31.9 Å². The van der Waals surface area contributed by atoms with Crippen LogP contribution in [0, 0.1) is 6.92 Å². The lowest BCUT2D eigenvalue weighted by Gasteiger charge is -2.40. The Morgan fingerprint density at radius 2 is 1.42 bits per heavy atom. The summed E-state index contributed by atoms with van der Waals surface area (Å²) in [5.74, 6) is 0.0140. The maximum atomic E-state index is 14.2. The van der Waals surface area contributed by atoms with Crippen LogP contribution < -0.4 is 9.04 Å². The monoisotopic (exact) mass is 597 g/mol. The number of benzene rings is 4. The minimum absolute atomic E-state index is 0.0424.